The number of aromatic nitrogens is 4. The summed E-state index contributed by atoms with van der Waals surface area (Å²) in [4.78, 5) is 20.7. The molecule has 27 heavy (non-hydrogen) atoms. The van der Waals surface area contributed by atoms with E-state index in [9.17, 15) is 18.0 Å². The SMILES string of the molecule is CCc1nc(NC(=O)Cc2csc(-c3ccc(C(F)(F)F)cc3)n2)nn1C. The zero-order valence-electron chi connectivity index (χ0n) is 14.5. The van der Waals surface area contributed by atoms with Crippen molar-refractivity contribution in [1.82, 2.24) is 19.7 Å². The Morgan fingerprint density at radius 1 is 1.22 bits per heavy atom. The molecular weight excluding hydrogens is 379 g/mol. The number of nitrogens with zero attached hydrogens (tertiary/aromatic N) is 4. The highest BCUT2D eigenvalue weighted by atomic mass is 32.1. The summed E-state index contributed by atoms with van der Waals surface area (Å²) in [6.45, 7) is 1.94. The summed E-state index contributed by atoms with van der Waals surface area (Å²) < 4.78 is 39.5. The molecule has 1 aromatic carbocycles. The molecule has 142 valence electrons. The predicted molar refractivity (Wildman–Crippen MR) is 95.3 cm³/mol. The second kappa shape index (κ2) is 7.47. The van der Waals surface area contributed by atoms with E-state index in [1.807, 2.05) is 6.92 Å². The van der Waals surface area contributed by atoms with E-state index in [-0.39, 0.29) is 18.3 Å². The van der Waals surface area contributed by atoms with Gasteiger partial charge >= 0.3 is 6.18 Å². The molecule has 2 heterocycles. The Bertz CT molecular complexity index is 946. The van der Waals surface area contributed by atoms with Crippen molar-refractivity contribution < 1.29 is 18.0 Å². The van der Waals surface area contributed by atoms with E-state index in [0.29, 0.717) is 22.7 Å². The van der Waals surface area contributed by atoms with Crippen LogP contribution < -0.4 is 5.32 Å². The number of carbonyl (C=O) groups excluding carboxylic acids is 1. The summed E-state index contributed by atoms with van der Waals surface area (Å²) in [6.07, 6.45) is -3.65. The molecule has 0 fully saturated rings. The van der Waals surface area contributed by atoms with Crippen LogP contribution in [0.25, 0.3) is 10.6 Å². The number of hydrogen-bond acceptors (Lipinski definition) is 5. The molecule has 2 aromatic heterocycles. The van der Waals surface area contributed by atoms with Crippen LogP contribution in [0.4, 0.5) is 19.1 Å². The third-order valence-corrected chi connectivity index (χ3v) is 4.71. The van der Waals surface area contributed by atoms with Crippen LogP contribution in [-0.4, -0.2) is 25.7 Å². The van der Waals surface area contributed by atoms with E-state index < -0.39 is 11.7 Å². The third-order valence-electron chi connectivity index (χ3n) is 3.77. The summed E-state index contributed by atoms with van der Waals surface area (Å²) in [5.41, 5.74) is 0.384. The number of nitrogens with one attached hydrogen (secondary N) is 1. The molecule has 0 spiro atoms. The summed E-state index contributed by atoms with van der Waals surface area (Å²) in [5, 5.41) is 8.98. The van der Waals surface area contributed by atoms with E-state index in [4.69, 9.17) is 0 Å². The van der Waals surface area contributed by atoms with Crippen LogP contribution in [0.3, 0.4) is 0 Å². The highest BCUT2D eigenvalue weighted by Crippen LogP contribution is 2.31. The van der Waals surface area contributed by atoms with Crippen LogP contribution in [0.2, 0.25) is 0 Å². The van der Waals surface area contributed by atoms with Crippen LogP contribution in [0, 0.1) is 0 Å². The lowest BCUT2D eigenvalue weighted by molar-refractivity contribution is -0.137. The lowest BCUT2D eigenvalue weighted by atomic mass is 10.1. The molecule has 1 amide bonds. The first kappa shape index (κ1) is 19.0. The van der Waals surface area contributed by atoms with Crippen LogP contribution in [0.1, 0.15) is 24.0 Å². The van der Waals surface area contributed by atoms with Gasteiger partial charge in [0.25, 0.3) is 0 Å². The van der Waals surface area contributed by atoms with Gasteiger partial charge in [-0.3, -0.25) is 14.8 Å². The second-order valence-electron chi connectivity index (χ2n) is 5.77. The Kier molecular flexibility index (Phi) is 5.26. The number of benzene rings is 1. The molecular formula is C17H16F3N5OS. The van der Waals surface area contributed by atoms with Crippen molar-refractivity contribution in [3.63, 3.8) is 0 Å². The normalized spacial score (nSPS) is 11.6. The number of anilines is 1. The van der Waals surface area contributed by atoms with E-state index in [1.165, 1.54) is 23.5 Å². The summed E-state index contributed by atoms with van der Waals surface area (Å²) in [5.74, 6) is 0.675. The average molecular weight is 395 g/mol. The first-order valence-electron chi connectivity index (χ1n) is 8.08. The predicted octanol–water partition coefficient (Wildman–Crippen LogP) is 3.70. The topological polar surface area (TPSA) is 72.7 Å². The molecule has 0 bridgehead atoms. The Labute approximate surface area is 157 Å². The number of amides is 1. The Balaban J connectivity index is 1.65. The van der Waals surface area contributed by atoms with E-state index in [2.05, 4.69) is 20.4 Å². The van der Waals surface area contributed by atoms with Crippen LogP contribution >= 0.6 is 11.3 Å². The van der Waals surface area contributed by atoms with Crippen molar-refractivity contribution in [3.05, 3.63) is 46.7 Å². The smallest absolute Gasteiger partial charge is 0.293 e. The Morgan fingerprint density at radius 2 is 1.93 bits per heavy atom. The number of rotatable bonds is 5. The highest BCUT2D eigenvalue weighted by molar-refractivity contribution is 7.13. The van der Waals surface area contributed by atoms with Gasteiger partial charge < -0.3 is 0 Å². The number of carbonyl (C=O) groups is 1. The molecule has 0 aliphatic carbocycles. The largest absolute Gasteiger partial charge is 0.416 e. The minimum Gasteiger partial charge on any atom is -0.293 e. The summed E-state index contributed by atoms with van der Waals surface area (Å²) in [7, 11) is 1.75. The van der Waals surface area contributed by atoms with Gasteiger partial charge in [0.05, 0.1) is 17.7 Å². The van der Waals surface area contributed by atoms with Crippen LogP contribution in [0.15, 0.2) is 29.6 Å². The lowest BCUT2D eigenvalue weighted by Gasteiger charge is -2.06. The molecule has 0 atom stereocenters. The van der Waals surface area contributed by atoms with E-state index in [0.717, 1.165) is 18.0 Å². The molecule has 6 nitrogen and oxygen atoms in total. The summed E-state index contributed by atoms with van der Waals surface area (Å²) in [6, 6.07) is 4.77. The van der Waals surface area contributed by atoms with Crippen molar-refractivity contribution in [2.75, 3.05) is 5.32 Å². The number of aryl methyl sites for hydroxylation is 2. The molecule has 0 radical (unpaired) electrons. The van der Waals surface area contributed by atoms with E-state index >= 15 is 0 Å². The van der Waals surface area contributed by atoms with Gasteiger partial charge in [-0.1, -0.05) is 19.1 Å². The number of halogens is 3. The Morgan fingerprint density at radius 3 is 2.52 bits per heavy atom. The molecule has 0 aliphatic heterocycles. The fourth-order valence-electron chi connectivity index (χ4n) is 2.43. The molecule has 3 aromatic rings. The number of hydrogen-bond donors (Lipinski definition) is 1. The van der Waals surface area contributed by atoms with Gasteiger partial charge in [-0.05, 0) is 12.1 Å². The lowest BCUT2D eigenvalue weighted by Crippen LogP contribution is -2.15. The van der Waals surface area contributed by atoms with Crippen molar-refractivity contribution in [3.8, 4) is 10.6 Å². The Hall–Kier alpha value is -2.75. The van der Waals surface area contributed by atoms with Crippen LogP contribution in [0.5, 0.6) is 0 Å². The monoisotopic (exact) mass is 395 g/mol. The van der Waals surface area contributed by atoms with Crippen molar-refractivity contribution in [1.29, 1.82) is 0 Å². The number of alkyl halides is 3. The standard InChI is InChI=1S/C17H16F3N5OS/c1-3-13-22-16(24-25(13)2)23-14(26)8-12-9-27-15(21-12)10-4-6-11(7-5-10)17(18,19)20/h4-7,9H,3,8H2,1-2H3,(H,23,24,26). The van der Waals surface area contributed by atoms with Crippen molar-refractivity contribution in [2.24, 2.45) is 7.05 Å². The molecule has 0 saturated carbocycles. The maximum Gasteiger partial charge on any atom is 0.416 e. The molecule has 1 N–H and O–H groups in total. The minimum atomic E-state index is -4.37. The highest BCUT2D eigenvalue weighted by Gasteiger charge is 2.30. The fraction of sp³-hybridized carbons (Fsp3) is 0.294. The van der Waals surface area contributed by atoms with E-state index in [1.54, 1.807) is 17.1 Å². The molecule has 3 rings (SSSR count). The van der Waals surface area contributed by atoms with Gasteiger partial charge in [-0.2, -0.15) is 18.2 Å². The first-order valence-corrected chi connectivity index (χ1v) is 8.96. The molecule has 0 saturated heterocycles. The molecule has 0 unspecified atom stereocenters. The molecule has 10 heteroatoms. The average Bonchev–Trinajstić information content (AvgIpc) is 3.20. The van der Waals surface area contributed by atoms with Crippen molar-refractivity contribution >= 4 is 23.2 Å². The first-order chi connectivity index (χ1) is 12.8. The maximum absolute atomic E-state index is 12.6. The molecule has 0 aliphatic rings. The fourth-order valence-corrected chi connectivity index (χ4v) is 3.26. The zero-order chi connectivity index (χ0) is 19.6. The van der Waals surface area contributed by atoms with Gasteiger partial charge in [0.1, 0.15) is 10.8 Å². The van der Waals surface area contributed by atoms with Gasteiger partial charge in [0, 0.05) is 24.4 Å². The van der Waals surface area contributed by atoms with Crippen LogP contribution in [-0.2, 0) is 30.9 Å². The van der Waals surface area contributed by atoms with Gasteiger partial charge in [0.2, 0.25) is 11.9 Å². The quantitative estimate of drug-likeness (QED) is 0.715. The van der Waals surface area contributed by atoms with Gasteiger partial charge in [-0.25, -0.2) is 4.98 Å². The second-order valence-corrected chi connectivity index (χ2v) is 6.63. The maximum atomic E-state index is 12.6. The van der Waals surface area contributed by atoms with Crippen molar-refractivity contribution in [2.45, 2.75) is 25.9 Å². The third kappa shape index (κ3) is 4.51. The van der Waals surface area contributed by atoms with Gasteiger partial charge in [-0.15, -0.1) is 16.4 Å². The minimum absolute atomic E-state index is 0.0247. The zero-order valence-corrected chi connectivity index (χ0v) is 15.4. The van der Waals surface area contributed by atoms with Gasteiger partial charge in [0.15, 0.2) is 0 Å². The number of thiazole rings is 1. The summed E-state index contributed by atoms with van der Waals surface area (Å²) >= 11 is 1.27.